The molecule has 2 N–H and O–H groups in total. The molecule has 23 heavy (non-hydrogen) atoms. The summed E-state index contributed by atoms with van der Waals surface area (Å²) >= 11 is 3.31. The topological polar surface area (TPSA) is 84.5 Å². The van der Waals surface area contributed by atoms with Gasteiger partial charge in [0.25, 0.3) is 5.91 Å². The maximum absolute atomic E-state index is 11.5. The summed E-state index contributed by atoms with van der Waals surface area (Å²) in [4.78, 5) is 34.3. The SMILES string of the molecule is CC(C)CNC(=O)NC(=O)COC(=O)/C=C/c1ccc(Br)cc1. The number of carbonyl (C=O) groups excluding carboxylic acids is 3. The summed E-state index contributed by atoms with van der Waals surface area (Å²) in [5.41, 5.74) is 0.822. The van der Waals surface area contributed by atoms with Crippen LogP contribution in [-0.4, -0.2) is 31.1 Å². The van der Waals surface area contributed by atoms with Gasteiger partial charge in [-0.05, 0) is 29.7 Å². The first-order valence-corrected chi connectivity index (χ1v) is 7.84. The van der Waals surface area contributed by atoms with E-state index in [0.29, 0.717) is 6.54 Å². The van der Waals surface area contributed by atoms with Crippen molar-refractivity contribution in [3.05, 3.63) is 40.4 Å². The van der Waals surface area contributed by atoms with Gasteiger partial charge in [0.15, 0.2) is 6.61 Å². The molecule has 0 aliphatic rings. The van der Waals surface area contributed by atoms with Crippen LogP contribution in [0, 0.1) is 5.92 Å². The third-order valence-corrected chi connectivity index (χ3v) is 3.08. The standard InChI is InChI=1S/C16H19BrN2O4/c1-11(2)9-18-16(22)19-14(20)10-23-15(21)8-5-12-3-6-13(17)7-4-12/h3-8,11H,9-10H2,1-2H3,(H2,18,19,20,22)/b8-5+. The van der Waals surface area contributed by atoms with Gasteiger partial charge in [-0.2, -0.15) is 0 Å². The molecule has 3 amide bonds. The molecule has 0 aromatic heterocycles. The fourth-order valence-corrected chi connectivity index (χ4v) is 1.69. The first kappa shape index (κ1) is 18.9. The second-order valence-corrected chi connectivity index (χ2v) is 6.06. The van der Waals surface area contributed by atoms with Crippen LogP contribution in [-0.2, 0) is 14.3 Å². The highest BCUT2D eigenvalue weighted by Crippen LogP contribution is 2.11. The van der Waals surface area contributed by atoms with Gasteiger partial charge in [0.05, 0.1) is 0 Å². The molecule has 6 nitrogen and oxygen atoms in total. The third-order valence-electron chi connectivity index (χ3n) is 2.55. The van der Waals surface area contributed by atoms with Crippen molar-refractivity contribution in [1.82, 2.24) is 10.6 Å². The van der Waals surface area contributed by atoms with E-state index in [-0.39, 0.29) is 5.92 Å². The summed E-state index contributed by atoms with van der Waals surface area (Å²) in [5, 5.41) is 4.60. The summed E-state index contributed by atoms with van der Waals surface area (Å²) < 4.78 is 5.68. The molecule has 1 aromatic rings. The Hall–Kier alpha value is -2.15. The Morgan fingerprint density at radius 2 is 1.87 bits per heavy atom. The molecule has 124 valence electrons. The zero-order valence-electron chi connectivity index (χ0n) is 13.0. The maximum atomic E-state index is 11.5. The molecule has 0 spiro atoms. The van der Waals surface area contributed by atoms with Crippen LogP contribution in [0.25, 0.3) is 6.08 Å². The van der Waals surface area contributed by atoms with Gasteiger partial charge in [0.1, 0.15) is 0 Å². The largest absolute Gasteiger partial charge is 0.452 e. The van der Waals surface area contributed by atoms with E-state index in [4.69, 9.17) is 4.74 Å². The number of imide groups is 1. The first-order chi connectivity index (χ1) is 10.9. The Morgan fingerprint density at radius 3 is 2.48 bits per heavy atom. The quantitative estimate of drug-likeness (QED) is 0.584. The number of rotatable bonds is 6. The second-order valence-electron chi connectivity index (χ2n) is 5.14. The molecule has 0 radical (unpaired) electrons. The lowest BCUT2D eigenvalue weighted by Gasteiger charge is -2.08. The summed E-state index contributed by atoms with van der Waals surface area (Å²) in [6.07, 6.45) is 2.79. The number of amides is 3. The summed E-state index contributed by atoms with van der Waals surface area (Å²) in [6.45, 7) is 3.80. The highest BCUT2D eigenvalue weighted by Gasteiger charge is 2.09. The normalized spacial score (nSPS) is 10.6. The van der Waals surface area contributed by atoms with Crippen LogP contribution >= 0.6 is 15.9 Å². The molecule has 0 saturated heterocycles. The molecule has 0 fully saturated rings. The van der Waals surface area contributed by atoms with Crippen LogP contribution in [0.4, 0.5) is 4.79 Å². The van der Waals surface area contributed by atoms with Crippen molar-refractivity contribution in [2.45, 2.75) is 13.8 Å². The molecule has 0 heterocycles. The minimum atomic E-state index is -0.684. The molecule has 0 bridgehead atoms. The number of urea groups is 1. The predicted molar refractivity (Wildman–Crippen MR) is 90.5 cm³/mol. The van der Waals surface area contributed by atoms with Gasteiger partial charge >= 0.3 is 12.0 Å². The number of halogens is 1. The smallest absolute Gasteiger partial charge is 0.331 e. The van der Waals surface area contributed by atoms with E-state index in [9.17, 15) is 14.4 Å². The molecule has 0 aliphatic carbocycles. The van der Waals surface area contributed by atoms with Crippen molar-refractivity contribution >= 4 is 39.9 Å². The Labute approximate surface area is 143 Å². The lowest BCUT2D eigenvalue weighted by atomic mass is 10.2. The van der Waals surface area contributed by atoms with Gasteiger partial charge in [-0.25, -0.2) is 9.59 Å². The molecule has 7 heteroatoms. The molecule has 0 atom stereocenters. The average Bonchev–Trinajstić information content (AvgIpc) is 2.50. The van der Waals surface area contributed by atoms with Gasteiger partial charge in [-0.3, -0.25) is 10.1 Å². The number of benzene rings is 1. The fraction of sp³-hybridized carbons (Fsp3) is 0.312. The number of ether oxygens (including phenoxy) is 1. The van der Waals surface area contributed by atoms with Crippen LogP contribution in [0.3, 0.4) is 0 Å². The molecule has 1 rings (SSSR count). The highest BCUT2D eigenvalue weighted by molar-refractivity contribution is 9.10. The number of nitrogens with one attached hydrogen (secondary N) is 2. The lowest BCUT2D eigenvalue weighted by Crippen LogP contribution is -2.42. The van der Waals surface area contributed by atoms with Crippen LogP contribution in [0.1, 0.15) is 19.4 Å². The van der Waals surface area contributed by atoms with Crippen molar-refractivity contribution in [2.75, 3.05) is 13.2 Å². The highest BCUT2D eigenvalue weighted by atomic mass is 79.9. The first-order valence-electron chi connectivity index (χ1n) is 7.05. The number of hydrogen-bond acceptors (Lipinski definition) is 4. The lowest BCUT2D eigenvalue weighted by molar-refractivity contribution is -0.143. The summed E-state index contributed by atoms with van der Waals surface area (Å²) in [6, 6.07) is 6.71. The number of esters is 1. The monoisotopic (exact) mass is 382 g/mol. The van der Waals surface area contributed by atoms with Crippen LogP contribution < -0.4 is 10.6 Å². The van der Waals surface area contributed by atoms with E-state index in [1.54, 1.807) is 6.08 Å². The minimum absolute atomic E-state index is 0.275. The van der Waals surface area contributed by atoms with Gasteiger partial charge < -0.3 is 10.1 Å². The Balaban J connectivity index is 2.31. The number of carbonyl (C=O) groups is 3. The third kappa shape index (κ3) is 8.77. The second kappa shape index (κ2) is 9.78. The van der Waals surface area contributed by atoms with E-state index >= 15 is 0 Å². The molecule has 0 unspecified atom stereocenters. The Bertz CT molecular complexity index is 582. The molecule has 0 saturated carbocycles. The predicted octanol–water partition coefficient (Wildman–Crippen LogP) is 2.49. The maximum Gasteiger partial charge on any atom is 0.331 e. The van der Waals surface area contributed by atoms with Crippen LogP contribution in [0.15, 0.2) is 34.8 Å². The van der Waals surface area contributed by atoms with Gasteiger partial charge in [-0.15, -0.1) is 0 Å². The van der Waals surface area contributed by atoms with Crippen molar-refractivity contribution in [1.29, 1.82) is 0 Å². The van der Waals surface area contributed by atoms with E-state index in [2.05, 4.69) is 26.6 Å². The zero-order valence-corrected chi connectivity index (χ0v) is 14.6. The summed E-state index contributed by atoms with van der Waals surface area (Å²) in [5.74, 6) is -1.07. The van der Waals surface area contributed by atoms with E-state index in [0.717, 1.165) is 10.0 Å². The van der Waals surface area contributed by atoms with Crippen LogP contribution in [0.5, 0.6) is 0 Å². The van der Waals surface area contributed by atoms with Gasteiger partial charge in [0.2, 0.25) is 0 Å². The Morgan fingerprint density at radius 1 is 1.22 bits per heavy atom. The van der Waals surface area contributed by atoms with E-state index in [1.165, 1.54) is 6.08 Å². The van der Waals surface area contributed by atoms with Gasteiger partial charge in [0, 0.05) is 17.1 Å². The van der Waals surface area contributed by atoms with E-state index in [1.807, 2.05) is 38.1 Å². The Kier molecular flexibility index (Phi) is 8.04. The molecule has 1 aromatic carbocycles. The average molecular weight is 383 g/mol. The van der Waals surface area contributed by atoms with Gasteiger partial charge in [-0.1, -0.05) is 41.9 Å². The molecule has 0 aliphatic heterocycles. The van der Waals surface area contributed by atoms with Crippen molar-refractivity contribution in [2.24, 2.45) is 5.92 Å². The van der Waals surface area contributed by atoms with Crippen molar-refractivity contribution in [3.8, 4) is 0 Å². The van der Waals surface area contributed by atoms with Crippen molar-refractivity contribution < 1.29 is 19.1 Å². The molecular weight excluding hydrogens is 364 g/mol. The zero-order chi connectivity index (χ0) is 17.2. The molecular formula is C16H19BrN2O4. The minimum Gasteiger partial charge on any atom is -0.452 e. The van der Waals surface area contributed by atoms with E-state index < -0.39 is 24.5 Å². The number of hydrogen-bond donors (Lipinski definition) is 2. The van der Waals surface area contributed by atoms with Crippen LogP contribution in [0.2, 0.25) is 0 Å². The summed E-state index contributed by atoms with van der Waals surface area (Å²) in [7, 11) is 0. The fourth-order valence-electron chi connectivity index (χ4n) is 1.43. The van der Waals surface area contributed by atoms with Crippen molar-refractivity contribution in [3.63, 3.8) is 0 Å².